The molecule has 1 saturated carbocycles. The van der Waals surface area contributed by atoms with Gasteiger partial charge in [-0.1, -0.05) is 50.1 Å². The number of hydrogen-bond donors (Lipinski definition) is 1. The van der Waals surface area contributed by atoms with Crippen molar-refractivity contribution in [2.24, 2.45) is 20.9 Å². The second-order valence-corrected chi connectivity index (χ2v) is 11.3. The average molecular weight is 540 g/mol. The standard InChI is InChI=1S/C29H41N5O3S/c1-4-5-6-7-12-37-20-27(30-3)31-19-21(2)22-8-9-24-18-26(17-22)38-29(32-24)33-28(35)23-15-25(16-23)34-10-13-36-14-11-34/h8-9,17-19,23,25-26H,3-7,10-16,20H2,1-2H3,(H,32,33,35)/b21-19+,31-27-. The lowest BCUT2D eigenvalue weighted by molar-refractivity contribution is -0.129. The van der Waals surface area contributed by atoms with Crippen molar-refractivity contribution >= 4 is 35.4 Å². The Morgan fingerprint density at radius 2 is 2.08 bits per heavy atom. The predicted octanol–water partition coefficient (Wildman–Crippen LogP) is 4.66. The highest BCUT2D eigenvalue weighted by molar-refractivity contribution is 8.14. The number of rotatable bonds is 11. The van der Waals surface area contributed by atoms with Crippen LogP contribution in [0, 0.1) is 5.92 Å². The van der Waals surface area contributed by atoms with Crippen molar-refractivity contribution in [2.75, 3.05) is 39.5 Å². The van der Waals surface area contributed by atoms with Crippen molar-refractivity contribution in [1.29, 1.82) is 0 Å². The van der Waals surface area contributed by atoms with Crippen LogP contribution in [0.5, 0.6) is 0 Å². The number of unbranched alkanes of at least 4 members (excludes halogenated alkanes) is 3. The van der Waals surface area contributed by atoms with Gasteiger partial charge in [0, 0.05) is 37.9 Å². The molecular weight excluding hydrogens is 498 g/mol. The molecule has 1 N–H and O–H groups in total. The fourth-order valence-electron chi connectivity index (χ4n) is 4.83. The first-order valence-electron chi connectivity index (χ1n) is 13.8. The summed E-state index contributed by atoms with van der Waals surface area (Å²) < 4.78 is 11.1. The van der Waals surface area contributed by atoms with Crippen LogP contribution in [-0.4, -0.2) is 79.3 Å². The Balaban J connectivity index is 1.26. The maximum absolute atomic E-state index is 12.9. The van der Waals surface area contributed by atoms with E-state index in [1.807, 2.05) is 25.3 Å². The molecule has 206 valence electrons. The largest absolute Gasteiger partial charge is 0.379 e. The molecule has 8 nitrogen and oxygen atoms in total. The van der Waals surface area contributed by atoms with Gasteiger partial charge in [0.1, 0.15) is 6.61 Å². The van der Waals surface area contributed by atoms with Crippen LogP contribution in [0.15, 0.2) is 62.3 Å². The Kier molecular flexibility index (Phi) is 11.1. The molecule has 4 aliphatic rings. The molecule has 2 heterocycles. The molecule has 2 fully saturated rings. The molecule has 0 radical (unpaired) electrons. The van der Waals surface area contributed by atoms with Crippen molar-refractivity contribution < 1.29 is 14.3 Å². The van der Waals surface area contributed by atoms with E-state index in [1.54, 1.807) is 11.8 Å². The Bertz CT molecular complexity index is 1030. The van der Waals surface area contributed by atoms with Crippen LogP contribution in [-0.2, 0) is 14.3 Å². The van der Waals surface area contributed by atoms with E-state index in [4.69, 9.17) is 9.47 Å². The highest BCUT2D eigenvalue weighted by Crippen LogP contribution is 2.34. The van der Waals surface area contributed by atoms with Gasteiger partial charge < -0.3 is 14.8 Å². The Morgan fingerprint density at radius 3 is 2.84 bits per heavy atom. The molecule has 0 aromatic heterocycles. The van der Waals surface area contributed by atoms with Crippen LogP contribution in [0.25, 0.3) is 0 Å². The number of amidine groups is 2. The molecule has 0 spiro atoms. The molecule has 9 heteroatoms. The Labute approximate surface area is 231 Å². The smallest absolute Gasteiger partial charge is 0.229 e. The van der Waals surface area contributed by atoms with E-state index in [9.17, 15) is 4.79 Å². The molecule has 1 unspecified atom stereocenters. The number of hydrogen-bond acceptors (Lipinski definition) is 7. The monoisotopic (exact) mass is 539 g/mol. The van der Waals surface area contributed by atoms with E-state index >= 15 is 0 Å². The van der Waals surface area contributed by atoms with Gasteiger partial charge in [-0.2, -0.15) is 0 Å². The van der Waals surface area contributed by atoms with Gasteiger partial charge in [-0.15, -0.1) is 0 Å². The number of allylic oxidation sites excluding steroid dienone is 4. The predicted molar refractivity (Wildman–Crippen MR) is 157 cm³/mol. The third-order valence-corrected chi connectivity index (χ3v) is 8.25. The number of ether oxygens (including phenoxy) is 2. The summed E-state index contributed by atoms with van der Waals surface area (Å²) in [6, 6.07) is 0.501. The third kappa shape index (κ3) is 8.33. The zero-order valence-electron chi connectivity index (χ0n) is 22.7. The fraction of sp³-hybridized carbons (Fsp3) is 0.586. The number of nitrogens with one attached hydrogen (secondary N) is 1. The van der Waals surface area contributed by atoms with Crippen LogP contribution in [0.2, 0.25) is 0 Å². The Morgan fingerprint density at radius 1 is 1.26 bits per heavy atom. The van der Waals surface area contributed by atoms with Gasteiger partial charge in [-0.25, -0.2) is 15.0 Å². The maximum atomic E-state index is 12.9. The van der Waals surface area contributed by atoms with Crippen molar-refractivity contribution in [3.8, 4) is 0 Å². The quantitative estimate of drug-likeness (QED) is 0.234. The molecule has 0 aromatic carbocycles. The maximum Gasteiger partial charge on any atom is 0.229 e. The van der Waals surface area contributed by atoms with Crippen molar-refractivity contribution in [1.82, 2.24) is 10.2 Å². The minimum absolute atomic E-state index is 0.0572. The average Bonchev–Trinajstić information content (AvgIpc) is 3.04. The van der Waals surface area contributed by atoms with Crippen molar-refractivity contribution in [3.05, 3.63) is 47.3 Å². The lowest BCUT2D eigenvalue weighted by atomic mass is 9.78. The molecule has 1 saturated heterocycles. The molecule has 4 rings (SSSR count). The number of morpholine rings is 1. The first-order chi connectivity index (χ1) is 18.6. The van der Waals surface area contributed by atoms with Gasteiger partial charge in [0.05, 0.1) is 24.2 Å². The summed E-state index contributed by atoms with van der Waals surface area (Å²) in [5.41, 5.74) is 2.94. The summed E-state index contributed by atoms with van der Waals surface area (Å²) in [6.07, 6.45) is 16.7. The van der Waals surface area contributed by atoms with E-state index in [1.165, 1.54) is 19.3 Å². The van der Waals surface area contributed by atoms with Crippen LogP contribution >= 0.6 is 11.8 Å². The number of aliphatic imine (C=N–C) groups is 3. The minimum Gasteiger partial charge on any atom is -0.379 e. The van der Waals surface area contributed by atoms with Gasteiger partial charge in [0.25, 0.3) is 0 Å². The van der Waals surface area contributed by atoms with Gasteiger partial charge in [-0.05, 0) is 56.2 Å². The summed E-state index contributed by atoms with van der Waals surface area (Å²) in [5.74, 6) is 0.713. The lowest BCUT2D eigenvalue weighted by Gasteiger charge is -2.43. The van der Waals surface area contributed by atoms with Crippen LogP contribution in [0.3, 0.4) is 0 Å². The first kappa shape index (κ1) is 28.7. The second kappa shape index (κ2) is 14.7. The number of amides is 1. The highest BCUT2D eigenvalue weighted by atomic mass is 32.2. The number of fused-ring (bicyclic) bond motifs is 1. The zero-order valence-corrected chi connectivity index (χ0v) is 23.5. The lowest BCUT2D eigenvalue weighted by Crippen LogP contribution is -2.53. The molecule has 2 bridgehead atoms. The normalized spacial score (nSPS) is 26.1. The number of carbonyl (C=O) groups is 1. The van der Waals surface area contributed by atoms with Gasteiger partial charge in [-0.3, -0.25) is 9.69 Å². The van der Waals surface area contributed by atoms with Crippen LogP contribution in [0.1, 0.15) is 52.4 Å². The van der Waals surface area contributed by atoms with Crippen LogP contribution < -0.4 is 5.32 Å². The van der Waals surface area contributed by atoms with Crippen molar-refractivity contribution in [3.63, 3.8) is 0 Å². The topological polar surface area (TPSA) is 87.9 Å². The first-order valence-corrected chi connectivity index (χ1v) is 14.7. The van der Waals surface area contributed by atoms with E-state index in [-0.39, 0.29) is 17.1 Å². The number of thioether (sulfide) groups is 1. The second-order valence-electron chi connectivity index (χ2n) is 10.1. The Hall–Kier alpha value is -2.33. The molecule has 2 aliphatic carbocycles. The molecule has 38 heavy (non-hydrogen) atoms. The minimum atomic E-state index is 0.0572. The highest BCUT2D eigenvalue weighted by Gasteiger charge is 2.38. The van der Waals surface area contributed by atoms with Gasteiger partial charge >= 0.3 is 0 Å². The van der Waals surface area contributed by atoms with E-state index < -0.39 is 0 Å². The molecule has 2 aliphatic heterocycles. The van der Waals surface area contributed by atoms with E-state index in [2.05, 4.69) is 51.0 Å². The SMILES string of the molecule is C=N/C(COCCCCCC)=N\C=C(/C)C1=CC2C=C(C=C1)N=C(NC(=O)C1CC(N3CCOCC3)C1)S2. The van der Waals surface area contributed by atoms with E-state index in [0.717, 1.165) is 62.4 Å². The summed E-state index contributed by atoms with van der Waals surface area (Å²) in [5, 5.41) is 3.84. The fourth-order valence-corrected chi connectivity index (χ4v) is 5.83. The summed E-state index contributed by atoms with van der Waals surface area (Å²) in [6.45, 7) is 12.5. The summed E-state index contributed by atoms with van der Waals surface area (Å²) >= 11 is 1.56. The van der Waals surface area contributed by atoms with Gasteiger partial charge in [0.2, 0.25) is 5.91 Å². The van der Waals surface area contributed by atoms with Gasteiger partial charge in [0.15, 0.2) is 11.0 Å². The van der Waals surface area contributed by atoms with Crippen LogP contribution in [0.4, 0.5) is 0 Å². The molecule has 1 amide bonds. The third-order valence-electron chi connectivity index (χ3n) is 7.29. The van der Waals surface area contributed by atoms with E-state index in [0.29, 0.717) is 30.3 Å². The summed E-state index contributed by atoms with van der Waals surface area (Å²) in [7, 11) is 0. The van der Waals surface area contributed by atoms with Crippen molar-refractivity contribution in [2.45, 2.75) is 63.7 Å². The molecule has 0 aromatic rings. The molecule has 1 atom stereocenters. The number of nitrogens with zero attached hydrogens (tertiary/aromatic N) is 4. The zero-order chi connectivity index (χ0) is 26.7. The molecular formula is C29H41N5O3S. The number of carbonyl (C=O) groups excluding carboxylic acids is 1. The summed E-state index contributed by atoms with van der Waals surface area (Å²) in [4.78, 5) is 28.5.